The van der Waals surface area contributed by atoms with Crippen LogP contribution in [0.15, 0.2) is 24.3 Å². The molecule has 0 saturated carbocycles. The molecule has 0 unspecified atom stereocenters. The summed E-state index contributed by atoms with van der Waals surface area (Å²) in [5.74, 6) is 2.55. The molecule has 1 aromatic rings. The highest BCUT2D eigenvalue weighted by atomic mass is 35.5. The van der Waals surface area contributed by atoms with Crippen LogP contribution in [0.2, 0.25) is 0 Å². The zero-order chi connectivity index (χ0) is 15.2. The van der Waals surface area contributed by atoms with Crippen LogP contribution in [0.5, 0.6) is 0 Å². The SMILES string of the molecule is Cl.Cl.O=C(Nc1cccc(CN2CCSCC2)c1)[C@H]1CCCCN1. The second-order valence-electron chi connectivity index (χ2n) is 6.08. The van der Waals surface area contributed by atoms with Crippen molar-refractivity contribution in [1.82, 2.24) is 10.2 Å². The molecule has 1 atom stereocenters. The van der Waals surface area contributed by atoms with Crippen molar-refractivity contribution in [2.45, 2.75) is 31.8 Å². The Balaban J connectivity index is 0.00000144. The smallest absolute Gasteiger partial charge is 0.241 e. The number of hydrogen-bond acceptors (Lipinski definition) is 4. The van der Waals surface area contributed by atoms with Gasteiger partial charge in [0.05, 0.1) is 6.04 Å². The molecule has 1 amide bonds. The molecule has 0 aliphatic carbocycles. The summed E-state index contributed by atoms with van der Waals surface area (Å²) in [6.45, 7) is 4.25. The highest BCUT2D eigenvalue weighted by Gasteiger charge is 2.20. The van der Waals surface area contributed by atoms with Gasteiger partial charge in [0.25, 0.3) is 0 Å². The number of rotatable bonds is 4. The minimum Gasteiger partial charge on any atom is -0.325 e. The average molecular weight is 392 g/mol. The first-order chi connectivity index (χ1) is 10.8. The number of thioether (sulfide) groups is 1. The molecular formula is C17H27Cl2N3OS. The minimum atomic E-state index is -0.0310. The standard InChI is InChI=1S/C17H25N3OS.2ClH/c21-17(16-6-1-2-7-18-16)19-15-5-3-4-14(12-15)13-20-8-10-22-11-9-20;;/h3-5,12,16,18H,1-2,6-11,13H2,(H,19,21);2*1H/t16-;;/m1../s1. The molecule has 136 valence electrons. The minimum absolute atomic E-state index is 0. The van der Waals surface area contributed by atoms with Gasteiger partial charge < -0.3 is 10.6 Å². The first kappa shape index (κ1) is 21.6. The first-order valence-corrected chi connectivity index (χ1v) is 9.40. The fraction of sp³-hybridized carbons (Fsp3) is 0.588. The van der Waals surface area contributed by atoms with Crippen LogP contribution >= 0.6 is 36.6 Å². The van der Waals surface area contributed by atoms with Gasteiger partial charge >= 0.3 is 0 Å². The van der Waals surface area contributed by atoms with Crippen LogP contribution < -0.4 is 10.6 Å². The van der Waals surface area contributed by atoms with E-state index in [4.69, 9.17) is 0 Å². The summed E-state index contributed by atoms with van der Waals surface area (Å²) in [7, 11) is 0. The van der Waals surface area contributed by atoms with Gasteiger partial charge in [0.15, 0.2) is 0 Å². The van der Waals surface area contributed by atoms with Crippen LogP contribution in [0.3, 0.4) is 0 Å². The van der Waals surface area contributed by atoms with E-state index in [9.17, 15) is 4.79 Å². The third-order valence-electron chi connectivity index (χ3n) is 4.33. The summed E-state index contributed by atoms with van der Waals surface area (Å²) in [4.78, 5) is 14.8. The Hall–Kier alpha value is -0.460. The molecule has 0 bridgehead atoms. The van der Waals surface area contributed by atoms with Gasteiger partial charge in [0.2, 0.25) is 5.91 Å². The predicted octanol–water partition coefficient (Wildman–Crippen LogP) is 3.16. The molecule has 7 heteroatoms. The average Bonchev–Trinajstić information content (AvgIpc) is 2.57. The highest BCUT2D eigenvalue weighted by molar-refractivity contribution is 7.99. The normalized spacial score (nSPS) is 21.2. The van der Waals surface area contributed by atoms with Crippen molar-refractivity contribution in [3.05, 3.63) is 29.8 Å². The topological polar surface area (TPSA) is 44.4 Å². The third kappa shape index (κ3) is 6.45. The molecule has 4 nitrogen and oxygen atoms in total. The quantitative estimate of drug-likeness (QED) is 0.826. The molecule has 1 aromatic carbocycles. The summed E-state index contributed by atoms with van der Waals surface area (Å²) in [6.07, 6.45) is 3.25. The lowest BCUT2D eigenvalue weighted by Crippen LogP contribution is -2.43. The number of benzene rings is 1. The van der Waals surface area contributed by atoms with Crippen molar-refractivity contribution in [3.63, 3.8) is 0 Å². The molecular weight excluding hydrogens is 365 g/mol. The van der Waals surface area contributed by atoms with Gasteiger partial charge in [-0.3, -0.25) is 9.69 Å². The maximum absolute atomic E-state index is 12.3. The first-order valence-electron chi connectivity index (χ1n) is 8.24. The molecule has 2 aliphatic rings. The van der Waals surface area contributed by atoms with Crippen molar-refractivity contribution < 1.29 is 4.79 Å². The van der Waals surface area contributed by atoms with Gasteiger partial charge in [0.1, 0.15) is 0 Å². The number of amides is 1. The van der Waals surface area contributed by atoms with E-state index in [1.807, 2.05) is 23.9 Å². The molecule has 2 N–H and O–H groups in total. The maximum Gasteiger partial charge on any atom is 0.241 e. The van der Waals surface area contributed by atoms with E-state index in [2.05, 4.69) is 27.7 Å². The summed E-state index contributed by atoms with van der Waals surface area (Å²) < 4.78 is 0. The molecule has 0 radical (unpaired) electrons. The van der Waals surface area contributed by atoms with E-state index in [0.717, 1.165) is 44.7 Å². The van der Waals surface area contributed by atoms with E-state index < -0.39 is 0 Å². The van der Waals surface area contributed by atoms with Crippen molar-refractivity contribution in [1.29, 1.82) is 0 Å². The molecule has 3 rings (SSSR count). The van der Waals surface area contributed by atoms with Crippen LogP contribution in [0.1, 0.15) is 24.8 Å². The number of hydrogen-bond donors (Lipinski definition) is 2. The van der Waals surface area contributed by atoms with E-state index in [1.54, 1.807) is 0 Å². The largest absolute Gasteiger partial charge is 0.325 e. The number of piperidine rings is 1. The number of nitrogens with one attached hydrogen (secondary N) is 2. The fourth-order valence-electron chi connectivity index (χ4n) is 3.07. The number of halogens is 2. The lowest BCUT2D eigenvalue weighted by atomic mass is 10.0. The molecule has 2 aliphatic heterocycles. The number of anilines is 1. The van der Waals surface area contributed by atoms with Crippen LogP contribution in [0.25, 0.3) is 0 Å². The number of carbonyl (C=O) groups is 1. The molecule has 24 heavy (non-hydrogen) atoms. The predicted molar refractivity (Wildman–Crippen MR) is 108 cm³/mol. The lowest BCUT2D eigenvalue weighted by Gasteiger charge is -2.26. The summed E-state index contributed by atoms with van der Waals surface area (Å²) >= 11 is 2.03. The van der Waals surface area contributed by atoms with Gasteiger partial charge in [-0.2, -0.15) is 11.8 Å². The lowest BCUT2D eigenvalue weighted by molar-refractivity contribution is -0.118. The number of nitrogens with zero attached hydrogens (tertiary/aromatic N) is 1. The van der Waals surface area contributed by atoms with Gasteiger partial charge in [-0.05, 0) is 37.1 Å². The van der Waals surface area contributed by atoms with E-state index in [0.29, 0.717) is 0 Å². The van der Waals surface area contributed by atoms with Crippen LogP contribution in [0.4, 0.5) is 5.69 Å². The molecule has 2 heterocycles. The van der Waals surface area contributed by atoms with Crippen LogP contribution in [-0.4, -0.2) is 48.0 Å². The van der Waals surface area contributed by atoms with Crippen molar-refractivity contribution in [2.24, 2.45) is 0 Å². The van der Waals surface area contributed by atoms with Crippen LogP contribution in [-0.2, 0) is 11.3 Å². The van der Waals surface area contributed by atoms with Gasteiger partial charge in [-0.25, -0.2) is 0 Å². The van der Waals surface area contributed by atoms with E-state index in [-0.39, 0.29) is 36.8 Å². The van der Waals surface area contributed by atoms with Crippen LogP contribution in [0, 0.1) is 0 Å². The molecule has 0 spiro atoms. The second-order valence-corrected chi connectivity index (χ2v) is 7.31. The van der Waals surface area contributed by atoms with E-state index in [1.165, 1.54) is 23.5 Å². The zero-order valence-electron chi connectivity index (χ0n) is 13.8. The van der Waals surface area contributed by atoms with Gasteiger partial charge in [-0.1, -0.05) is 18.6 Å². The van der Waals surface area contributed by atoms with E-state index >= 15 is 0 Å². The van der Waals surface area contributed by atoms with Gasteiger partial charge in [-0.15, -0.1) is 24.8 Å². The summed E-state index contributed by atoms with van der Waals surface area (Å²) in [6, 6.07) is 8.25. The third-order valence-corrected chi connectivity index (χ3v) is 5.27. The Morgan fingerprint density at radius 3 is 2.75 bits per heavy atom. The second kappa shape index (κ2) is 11.2. The number of carbonyl (C=O) groups excluding carboxylic acids is 1. The Bertz CT molecular complexity index is 506. The molecule has 0 aromatic heterocycles. The molecule has 2 fully saturated rings. The van der Waals surface area contributed by atoms with Crippen molar-refractivity contribution in [3.8, 4) is 0 Å². The van der Waals surface area contributed by atoms with Crippen molar-refractivity contribution in [2.75, 3.05) is 36.5 Å². The monoisotopic (exact) mass is 391 g/mol. The summed E-state index contributed by atoms with van der Waals surface area (Å²) in [5, 5.41) is 6.36. The maximum atomic E-state index is 12.3. The molecule has 2 saturated heterocycles. The highest BCUT2D eigenvalue weighted by Crippen LogP contribution is 2.17. The summed E-state index contributed by atoms with van der Waals surface area (Å²) in [5.41, 5.74) is 2.20. The Morgan fingerprint density at radius 1 is 1.25 bits per heavy atom. The van der Waals surface area contributed by atoms with Gasteiger partial charge in [0, 0.05) is 36.8 Å². The fourth-order valence-corrected chi connectivity index (χ4v) is 4.05. The van der Waals surface area contributed by atoms with Crippen molar-refractivity contribution >= 4 is 48.2 Å². The Labute approximate surface area is 161 Å². The Kier molecular flexibility index (Phi) is 10.1. The Morgan fingerprint density at radius 2 is 2.04 bits per heavy atom. The zero-order valence-corrected chi connectivity index (χ0v) is 16.3.